The summed E-state index contributed by atoms with van der Waals surface area (Å²) in [5.41, 5.74) is 16.7. The molecule has 5 nitrogen and oxygen atoms in total. The molecular formula is C63H40N4O. The van der Waals surface area contributed by atoms with Gasteiger partial charge >= 0.3 is 0 Å². The predicted octanol–water partition coefficient (Wildman–Crippen LogP) is 16.5. The fraction of sp³-hybridized carbons (Fsp3) is 0. The molecule has 0 saturated heterocycles. The minimum absolute atomic E-state index is 0.574. The third-order valence-electron chi connectivity index (χ3n) is 13.1. The number of nitrogens with zero attached hydrogens (tertiary/aromatic N) is 4. The number of para-hydroxylation sites is 1. The molecule has 0 aliphatic carbocycles. The lowest BCUT2D eigenvalue weighted by Gasteiger charge is -2.11. The van der Waals surface area contributed by atoms with Gasteiger partial charge in [-0.05, 0) is 93.0 Å². The first-order valence-corrected chi connectivity index (χ1v) is 22.9. The van der Waals surface area contributed by atoms with Gasteiger partial charge in [-0.1, -0.05) is 188 Å². The van der Waals surface area contributed by atoms with Crippen molar-refractivity contribution in [1.82, 2.24) is 19.5 Å². The number of aromatic nitrogens is 4. The van der Waals surface area contributed by atoms with Crippen molar-refractivity contribution in [1.29, 1.82) is 0 Å². The zero-order valence-corrected chi connectivity index (χ0v) is 36.8. The summed E-state index contributed by atoms with van der Waals surface area (Å²) in [6.45, 7) is 0. The van der Waals surface area contributed by atoms with Crippen LogP contribution in [0.4, 0.5) is 0 Å². The number of furan rings is 1. The van der Waals surface area contributed by atoms with Crippen molar-refractivity contribution < 1.29 is 4.42 Å². The quantitative estimate of drug-likeness (QED) is 0.153. The first kappa shape index (κ1) is 39.2. The number of benzene rings is 10. The predicted molar refractivity (Wildman–Crippen MR) is 279 cm³/mol. The lowest BCUT2D eigenvalue weighted by Crippen LogP contribution is -2.00. The molecule has 0 aliphatic rings. The van der Waals surface area contributed by atoms with E-state index in [4.69, 9.17) is 19.4 Å². The second kappa shape index (κ2) is 16.4. The van der Waals surface area contributed by atoms with Crippen LogP contribution in [-0.2, 0) is 0 Å². The van der Waals surface area contributed by atoms with Gasteiger partial charge in [-0.15, -0.1) is 0 Å². The maximum atomic E-state index is 6.81. The van der Waals surface area contributed by atoms with Crippen LogP contribution in [0.2, 0.25) is 0 Å². The highest BCUT2D eigenvalue weighted by molar-refractivity contribution is 6.19. The van der Waals surface area contributed by atoms with Crippen molar-refractivity contribution >= 4 is 43.7 Å². The van der Waals surface area contributed by atoms with Crippen LogP contribution in [0.1, 0.15) is 0 Å². The molecule has 0 spiro atoms. The highest BCUT2D eigenvalue weighted by Crippen LogP contribution is 2.42. The molecule has 318 valence electrons. The summed E-state index contributed by atoms with van der Waals surface area (Å²) >= 11 is 0. The molecule has 0 saturated carbocycles. The van der Waals surface area contributed by atoms with E-state index in [2.05, 4.69) is 223 Å². The molecule has 3 aromatic heterocycles. The van der Waals surface area contributed by atoms with Crippen LogP contribution in [-0.4, -0.2) is 19.5 Å². The van der Waals surface area contributed by atoms with E-state index >= 15 is 0 Å². The maximum Gasteiger partial charge on any atom is 0.164 e. The van der Waals surface area contributed by atoms with E-state index in [9.17, 15) is 0 Å². The highest BCUT2D eigenvalue weighted by atomic mass is 16.3. The molecule has 0 radical (unpaired) electrons. The summed E-state index contributed by atoms with van der Waals surface area (Å²) < 4.78 is 9.16. The number of hydrogen-bond acceptors (Lipinski definition) is 4. The fourth-order valence-corrected chi connectivity index (χ4v) is 9.76. The topological polar surface area (TPSA) is 56.7 Å². The Balaban J connectivity index is 0.962. The monoisotopic (exact) mass is 868 g/mol. The van der Waals surface area contributed by atoms with Crippen LogP contribution in [0.5, 0.6) is 0 Å². The van der Waals surface area contributed by atoms with E-state index < -0.39 is 0 Å². The molecule has 0 aliphatic heterocycles. The summed E-state index contributed by atoms with van der Waals surface area (Å²) in [4.78, 5) is 15.8. The number of fused-ring (bicyclic) bond motifs is 6. The van der Waals surface area contributed by atoms with E-state index in [0.29, 0.717) is 17.5 Å². The average Bonchev–Trinajstić information content (AvgIpc) is 3.95. The first-order chi connectivity index (χ1) is 33.7. The van der Waals surface area contributed by atoms with Gasteiger partial charge in [0.1, 0.15) is 11.2 Å². The van der Waals surface area contributed by atoms with Crippen LogP contribution >= 0.6 is 0 Å². The van der Waals surface area contributed by atoms with Gasteiger partial charge in [0.25, 0.3) is 0 Å². The van der Waals surface area contributed by atoms with Crippen LogP contribution in [0.3, 0.4) is 0 Å². The third kappa shape index (κ3) is 6.93. The molecule has 0 N–H and O–H groups in total. The first-order valence-electron chi connectivity index (χ1n) is 22.9. The van der Waals surface area contributed by atoms with Crippen molar-refractivity contribution in [2.45, 2.75) is 0 Å². The smallest absolute Gasteiger partial charge is 0.164 e. The zero-order valence-electron chi connectivity index (χ0n) is 36.8. The van der Waals surface area contributed by atoms with Gasteiger partial charge in [-0.3, -0.25) is 0 Å². The van der Waals surface area contributed by atoms with Crippen LogP contribution in [0, 0.1) is 0 Å². The van der Waals surface area contributed by atoms with E-state index in [0.717, 1.165) is 93.9 Å². The Morgan fingerprint density at radius 2 is 0.735 bits per heavy atom. The Morgan fingerprint density at radius 1 is 0.279 bits per heavy atom. The fourth-order valence-electron chi connectivity index (χ4n) is 9.76. The van der Waals surface area contributed by atoms with Gasteiger partial charge in [-0.25, -0.2) is 15.0 Å². The molecule has 5 heteroatoms. The lowest BCUT2D eigenvalue weighted by molar-refractivity contribution is 0.669. The van der Waals surface area contributed by atoms with E-state index in [1.165, 1.54) is 16.7 Å². The molecule has 0 atom stereocenters. The van der Waals surface area contributed by atoms with Crippen molar-refractivity contribution in [3.63, 3.8) is 0 Å². The zero-order chi connectivity index (χ0) is 45.0. The summed E-state index contributed by atoms with van der Waals surface area (Å²) in [6.07, 6.45) is 0. The average molecular weight is 869 g/mol. The largest absolute Gasteiger partial charge is 0.456 e. The van der Waals surface area contributed by atoms with Crippen molar-refractivity contribution in [2.75, 3.05) is 0 Å². The van der Waals surface area contributed by atoms with Crippen molar-refractivity contribution in [3.8, 4) is 84.4 Å². The Kier molecular flexibility index (Phi) is 9.43. The minimum atomic E-state index is 0.574. The SMILES string of the molecule is c1ccc(-c2cccc(-c3ccc(-n4c5ccccc5c5cc6c(cc54)oc4cccc(-c5nc(-c7cccc(-c8ccccc8)c7)nc(-c7cccc(-c8ccccc8)c7)n5)c46)cc3)c2)cc1. The standard InChI is InChI=1S/C63H40N4O/c1-4-16-41(17-5-1)45-22-12-23-46(36-45)44-32-34-51(35-33-44)67-56-30-11-10-28-52(56)54-39-55-59(40-57(54)67)68-58-31-15-29-53(60(55)58)63-65-61(49-26-13-24-47(37-49)42-18-6-2-7-19-42)64-62(66-63)50-27-14-25-48(38-50)43-20-8-3-9-21-43/h1-40H. The highest BCUT2D eigenvalue weighted by Gasteiger charge is 2.21. The molecule has 13 aromatic rings. The van der Waals surface area contributed by atoms with Crippen LogP contribution in [0.25, 0.3) is 128 Å². The summed E-state index contributed by atoms with van der Waals surface area (Å²) in [6, 6.07) is 85.2. The third-order valence-corrected chi connectivity index (χ3v) is 13.1. The molecule has 10 aromatic carbocycles. The molecule has 0 unspecified atom stereocenters. The van der Waals surface area contributed by atoms with E-state index in [1.807, 2.05) is 24.3 Å². The number of hydrogen-bond donors (Lipinski definition) is 0. The van der Waals surface area contributed by atoms with Crippen molar-refractivity contribution in [2.24, 2.45) is 0 Å². The Hall–Kier alpha value is -9.19. The van der Waals surface area contributed by atoms with Gasteiger partial charge in [0.2, 0.25) is 0 Å². The molecule has 0 amide bonds. The minimum Gasteiger partial charge on any atom is -0.456 e. The maximum absolute atomic E-state index is 6.81. The summed E-state index contributed by atoms with van der Waals surface area (Å²) in [7, 11) is 0. The van der Waals surface area contributed by atoms with Crippen molar-refractivity contribution in [3.05, 3.63) is 243 Å². The van der Waals surface area contributed by atoms with Gasteiger partial charge in [0, 0.05) is 50.0 Å². The van der Waals surface area contributed by atoms with E-state index in [-0.39, 0.29) is 0 Å². The second-order valence-corrected chi connectivity index (χ2v) is 17.2. The summed E-state index contributed by atoms with van der Waals surface area (Å²) in [5, 5.41) is 4.26. The molecule has 0 fully saturated rings. The summed E-state index contributed by atoms with van der Waals surface area (Å²) in [5.74, 6) is 1.77. The molecule has 0 bridgehead atoms. The normalized spacial score (nSPS) is 11.5. The Bertz CT molecular complexity index is 3900. The van der Waals surface area contributed by atoms with Gasteiger partial charge in [0.15, 0.2) is 17.5 Å². The van der Waals surface area contributed by atoms with Gasteiger partial charge in [-0.2, -0.15) is 0 Å². The lowest BCUT2D eigenvalue weighted by atomic mass is 9.99. The Labute approximate surface area is 392 Å². The van der Waals surface area contributed by atoms with Crippen LogP contribution < -0.4 is 0 Å². The van der Waals surface area contributed by atoms with Gasteiger partial charge < -0.3 is 8.98 Å². The molecular weight excluding hydrogens is 829 g/mol. The molecule has 13 rings (SSSR count). The molecule has 68 heavy (non-hydrogen) atoms. The number of rotatable bonds is 8. The second-order valence-electron chi connectivity index (χ2n) is 17.2. The van der Waals surface area contributed by atoms with E-state index in [1.54, 1.807) is 0 Å². The van der Waals surface area contributed by atoms with Crippen LogP contribution in [0.15, 0.2) is 247 Å². The Morgan fingerprint density at radius 3 is 1.31 bits per heavy atom. The molecule has 3 heterocycles. The van der Waals surface area contributed by atoms with Gasteiger partial charge in [0.05, 0.1) is 11.0 Å².